The molecule has 6 nitrogen and oxygen atoms in total. The second kappa shape index (κ2) is 5.62. The number of carbonyl (C=O) groups is 3. The Morgan fingerprint density at radius 1 is 1.37 bits per heavy atom. The van der Waals surface area contributed by atoms with Gasteiger partial charge in [-0.25, -0.2) is 4.79 Å². The van der Waals surface area contributed by atoms with E-state index in [0.29, 0.717) is 5.56 Å². The van der Waals surface area contributed by atoms with Crippen LogP contribution in [0.5, 0.6) is 0 Å². The SMILES string of the molecule is COC(=O)C(NC1CC(=O)NC1=O)c1ccccc1. The van der Waals surface area contributed by atoms with Crippen LogP contribution in [0.4, 0.5) is 0 Å². The number of carbonyl (C=O) groups excluding carboxylic acids is 3. The average molecular weight is 262 g/mol. The van der Waals surface area contributed by atoms with Crippen LogP contribution in [0.2, 0.25) is 0 Å². The molecule has 0 aliphatic carbocycles. The van der Waals surface area contributed by atoms with E-state index >= 15 is 0 Å². The molecule has 100 valence electrons. The summed E-state index contributed by atoms with van der Waals surface area (Å²) in [6.07, 6.45) is 0.0269. The number of rotatable bonds is 4. The van der Waals surface area contributed by atoms with E-state index in [2.05, 4.69) is 10.6 Å². The molecule has 1 aromatic rings. The van der Waals surface area contributed by atoms with Crippen molar-refractivity contribution in [3.05, 3.63) is 35.9 Å². The van der Waals surface area contributed by atoms with Gasteiger partial charge in [0.1, 0.15) is 6.04 Å². The lowest BCUT2D eigenvalue weighted by Crippen LogP contribution is -2.41. The van der Waals surface area contributed by atoms with E-state index < -0.39 is 24.0 Å². The predicted octanol–water partition coefficient (Wildman–Crippen LogP) is -0.0946. The summed E-state index contributed by atoms with van der Waals surface area (Å²) in [6, 6.07) is 7.42. The van der Waals surface area contributed by atoms with Crippen molar-refractivity contribution in [2.24, 2.45) is 0 Å². The first-order valence-electron chi connectivity index (χ1n) is 5.84. The fourth-order valence-corrected chi connectivity index (χ4v) is 1.95. The van der Waals surface area contributed by atoms with Crippen LogP contribution < -0.4 is 10.6 Å². The van der Waals surface area contributed by atoms with Gasteiger partial charge in [-0.3, -0.25) is 20.2 Å². The maximum atomic E-state index is 11.8. The van der Waals surface area contributed by atoms with Gasteiger partial charge >= 0.3 is 5.97 Å². The fraction of sp³-hybridized carbons (Fsp3) is 0.308. The summed E-state index contributed by atoms with van der Waals surface area (Å²) in [5.74, 6) is -1.27. The monoisotopic (exact) mass is 262 g/mol. The Balaban J connectivity index is 2.18. The van der Waals surface area contributed by atoms with Crippen molar-refractivity contribution in [3.8, 4) is 0 Å². The van der Waals surface area contributed by atoms with Crippen LogP contribution in [0.25, 0.3) is 0 Å². The third kappa shape index (κ3) is 2.97. The zero-order chi connectivity index (χ0) is 13.8. The molecule has 1 aliphatic rings. The van der Waals surface area contributed by atoms with Crippen LogP contribution in [-0.2, 0) is 19.1 Å². The molecule has 1 heterocycles. The molecule has 19 heavy (non-hydrogen) atoms. The third-order valence-electron chi connectivity index (χ3n) is 2.91. The van der Waals surface area contributed by atoms with Gasteiger partial charge < -0.3 is 4.74 Å². The quantitative estimate of drug-likeness (QED) is 0.585. The average Bonchev–Trinajstić information content (AvgIpc) is 2.74. The number of hydrogen-bond acceptors (Lipinski definition) is 5. The molecule has 0 spiro atoms. The third-order valence-corrected chi connectivity index (χ3v) is 2.91. The highest BCUT2D eigenvalue weighted by atomic mass is 16.5. The predicted molar refractivity (Wildman–Crippen MR) is 65.9 cm³/mol. The molecular weight excluding hydrogens is 248 g/mol. The van der Waals surface area contributed by atoms with Crippen molar-refractivity contribution in [1.82, 2.24) is 10.6 Å². The molecule has 0 aromatic heterocycles. The molecular formula is C13H14N2O4. The van der Waals surface area contributed by atoms with Crippen molar-refractivity contribution in [2.45, 2.75) is 18.5 Å². The number of nitrogens with one attached hydrogen (secondary N) is 2. The van der Waals surface area contributed by atoms with Crippen molar-refractivity contribution in [2.75, 3.05) is 7.11 Å². The Morgan fingerprint density at radius 2 is 2.05 bits per heavy atom. The van der Waals surface area contributed by atoms with E-state index in [1.165, 1.54) is 7.11 Å². The molecule has 0 bridgehead atoms. The smallest absolute Gasteiger partial charge is 0.327 e. The van der Waals surface area contributed by atoms with E-state index in [-0.39, 0.29) is 12.3 Å². The van der Waals surface area contributed by atoms with Crippen molar-refractivity contribution < 1.29 is 19.1 Å². The van der Waals surface area contributed by atoms with Gasteiger partial charge in [-0.05, 0) is 5.56 Å². The van der Waals surface area contributed by atoms with E-state index in [4.69, 9.17) is 4.74 Å². The van der Waals surface area contributed by atoms with Crippen LogP contribution in [-0.4, -0.2) is 30.9 Å². The van der Waals surface area contributed by atoms with Crippen molar-refractivity contribution in [1.29, 1.82) is 0 Å². The van der Waals surface area contributed by atoms with Crippen LogP contribution in [0.15, 0.2) is 30.3 Å². The summed E-state index contributed by atoms with van der Waals surface area (Å²) < 4.78 is 4.72. The van der Waals surface area contributed by atoms with Crippen LogP contribution >= 0.6 is 0 Å². The molecule has 1 aliphatic heterocycles. The lowest BCUT2D eigenvalue weighted by atomic mass is 10.1. The first-order valence-corrected chi connectivity index (χ1v) is 5.84. The summed E-state index contributed by atoms with van der Waals surface area (Å²) >= 11 is 0. The van der Waals surface area contributed by atoms with Gasteiger partial charge in [0.15, 0.2) is 0 Å². The summed E-state index contributed by atoms with van der Waals surface area (Å²) in [7, 11) is 1.28. The van der Waals surface area contributed by atoms with Gasteiger partial charge in [-0.2, -0.15) is 0 Å². The molecule has 2 atom stereocenters. The van der Waals surface area contributed by atoms with Crippen LogP contribution in [0, 0.1) is 0 Å². The lowest BCUT2D eigenvalue weighted by molar-refractivity contribution is -0.143. The number of ether oxygens (including phenoxy) is 1. The molecule has 2 unspecified atom stereocenters. The van der Waals surface area contributed by atoms with Gasteiger partial charge in [0.25, 0.3) is 0 Å². The Hall–Kier alpha value is -2.21. The zero-order valence-corrected chi connectivity index (χ0v) is 10.4. The maximum absolute atomic E-state index is 11.8. The number of amides is 2. The Bertz CT molecular complexity index is 501. The Kier molecular flexibility index (Phi) is 3.91. The molecule has 0 saturated carbocycles. The van der Waals surface area contributed by atoms with Gasteiger partial charge in [0, 0.05) is 0 Å². The van der Waals surface area contributed by atoms with Gasteiger partial charge in [0.05, 0.1) is 19.6 Å². The number of imide groups is 1. The maximum Gasteiger partial charge on any atom is 0.327 e. The zero-order valence-electron chi connectivity index (χ0n) is 10.4. The lowest BCUT2D eigenvalue weighted by Gasteiger charge is -2.19. The first kappa shape index (κ1) is 13.2. The minimum atomic E-state index is -0.771. The summed E-state index contributed by atoms with van der Waals surface area (Å²) in [5.41, 5.74) is 0.682. The van der Waals surface area contributed by atoms with E-state index in [9.17, 15) is 14.4 Å². The minimum Gasteiger partial charge on any atom is -0.468 e. The highest BCUT2D eigenvalue weighted by Gasteiger charge is 2.34. The van der Waals surface area contributed by atoms with Crippen LogP contribution in [0.3, 0.4) is 0 Å². The fourth-order valence-electron chi connectivity index (χ4n) is 1.95. The molecule has 6 heteroatoms. The highest BCUT2D eigenvalue weighted by molar-refractivity contribution is 6.05. The number of esters is 1. The standard InChI is InChI=1S/C13H14N2O4/c1-19-13(18)11(8-5-3-2-4-6-8)14-9-7-10(16)15-12(9)17/h2-6,9,11,14H,7H2,1H3,(H,15,16,17). The molecule has 2 amide bonds. The second-order valence-corrected chi connectivity index (χ2v) is 4.20. The van der Waals surface area contributed by atoms with Crippen molar-refractivity contribution in [3.63, 3.8) is 0 Å². The topological polar surface area (TPSA) is 84.5 Å². The Morgan fingerprint density at radius 3 is 2.58 bits per heavy atom. The number of hydrogen-bond donors (Lipinski definition) is 2. The van der Waals surface area contributed by atoms with Crippen molar-refractivity contribution >= 4 is 17.8 Å². The summed E-state index contributed by atoms with van der Waals surface area (Å²) in [6.45, 7) is 0. The normalized spacial score (nSPS) is 19.9. The second-order valence-electron chi connectivity index (χ2n) is 4.20. The van der Waals surface area contributed by atoms with E-state index in [1.807, 2.05) is 6.07 Å². The molecule has 1 saturated heterocycles. The first-order chi connectivity index (χ1) is 9.11. The largest absolute Gasteiger partial charge is 0.468 e. The Labute approximate surface area is 110 Å². The minimum absolute atomic E-state index is 0.0269. The summed E-state index contributed by atoms with van der Waals surface area (Å²) in [4.78, 5) is 34.4. The molecule has 1 fully saturated rings. The molecule has 0 radical (unpaired) electrons. The number of methoxy groups -OCH3 is 1. The summed E-state index contributed by atoms with van der Waals surface area (Å²) in [5, 5.41) is 5.04. The van der Waals surface area contributed by atoms with Crippen LogP contribution in [0.1, 0.15) is 18.0 Å². The van der Waals surface area contributed by atoms with E-state index in [0.717, 1.165) is 0 Å². The molecule has 2 N–H and O–H groups in total. The van der Waals surface area contributed by atoms with Gasteiger partial charge in [-0.1, -0.05) is 30.3 Å². The van der Waals surface area contributed by atoms with Gasteiger partial charge in [-0.15, -0.1) is 0 Å². The molecule has 2 rings (SSSR count). The van der Waals surface area contributed by atoms with E-state index in [1.54, 1.807) is 24.3 Å². The van der Waals surface area contributed by atoms with Gasteiger partial charge in [0.2, 0.25) is 11.8 Å². The number of benzene rings is 1. The highest BCUT2D eigenvalue weighted by Crippen LogP contribution is 2.17. The molecule has 1 aromatic carbocycles.